The molecule has 26 heavy (non-hydrogen) atoms. The van der Waals surface area contributed by atoms with Gasteiger partial charge < -0.3 is 10.1 Å². The van der Waals surface area contributed by atoms with Crippen molar-refractivity contribution >= 4 is 35.0 Å². The highest BCUT2D eigenvalue weighted by Crippen LogP contribution is 2.22. The van der Waals surface area contributed by atoms with E-state index < -0.39 is 5.82 Å². The quantitative estimate of drug-likeness (QED) is 0.648. The summed E-state index contributed by atoms with van der Waals surface area (Å²) < 4.78 is 20.3. The fraction of sp³-hybridized carbons (Fsp3) is 0.125. The molecule has 1 amide bonds. The highest BCUT2D eigenvalue weighted by atomic mass is 35.5. The van der Waals surface area contributed by atoms with Crippen LogP contribution in [0.15, 0.2) is 47.6 Å². The van der Waals surface area contributed by atoms with Crippen LogP contribution in [-0.4, -0.2) is 39.0 Å². The number of amides is 1. The molecule has 0 aliphatic carbocycles. The van der Waals surface area contributed by atoms with Crippen molar-refractivity contribution in [2.24, 2.45) is 0 Å². The van der Waals surface area contributed by atoms with Gasteiger partial charge in [0.15, 0.2) is 0 Å². The largest absolute Gasteiger partial charge is 0.497 e. The Morgan fingerprint density at radius 2 is 2.08 bits per heavy atom. The zero-order valence-corrected chi connectivity index (χ0v) is 15.1. The van der Waals surface area contributed by atoms with E-state index >= 15 is 0 Å². The Kier molecular flexibility index (Phi) is 5.69. The van der Waals surface area contributed by atoms with Crippen molar-refractivity contribution in [2.75, 3.05) is 18.2 Å². The zero-order chi connectivity index (χ0) is 18.5. The van der Waals surface area contributed by atoms with Crippen molar-refractivity contribution in [3.05, 3.63) is 53.3 Å². The van der Waals surface area contributed by atoms with E-state index in [1.165, 1.54) is 16.8 Å². The smallest absolute Gasteiger partial charge is 0.234 e. The molecule has 0 fully saturated rings. The number of anilines is 1. The SMILES string of the molecule is COc1ccc(-n2nnnc2SCC(=O)Nc2ccc(Cl)cc2F)cc1. The van der Waals surface area contributed by atoms with Gasteiger partial charge in [-0.3, -0.25) is 4.79 Å². The summed E-state index contributed by atoms with van der Waals surface area (Å²) in [7, 11) is 1.58. The highest BCUT2D eigenvalue weighted by Gasteiger charge is 2.13. The number of methoxy groups -OCH3 is 1. The van der Waals surface area contributed by atoms with Gasteiger partial charge in [-0.05, 0) is 52.9 Å². The molecule has 0 atom stereocenters. The number of nitrogens with one attached hydrogen (secondary N) is 1. The Labute approximate surface area is 157 Å². The fourth-order valence-corrected chi connectivity index (χ4v) is 2.91. The first kappa shape index (κ1) is 18.2. The van der Waals surface area contributed by atoms with E-state index in [-0.39, 0.29) is 22.4 Å². The molecule has 0 radical (unpaired) electrons. The Hall–Kier alpha value is -2.65. The third-order valence-corrected chi connectivity index (χ3v) is 4.45. The van der Waals surface area contributed by atoms with Gasteiger partial charge in [0.2, 0.25) is 11.1 Å². The van der Waals surface area contributed by atoms with Crippen molar-refractivity contribution in [1.29, 1.82) is 0 Å². The van der Waals surface area contributed by atoms with E-state index in [1.807, 2.05) is 0 Å². The van der Waals surface area contributed by atoms with Crippen molar-refractivity contribution < 1.29 is 13.9 Å². The molecule has 0 saturated heterocycles. The Bertz CT molecular complexity index is 919. The van der Waals surface area contributed by atoms with Crippen molar-refractivity contribution in [1.82, 2.24) is 20.2 Å². The summed E-state index contributed by atoms with van der Waals surface area (Å²) in [4.78, 5) is 12.1. The number of benzene rings is 2. The van der Waals surface area contributed by atoms with Crippen LogP contribution in [0.2, 0.25) is 5.02 Å². The lowest BCUT2D eigenvalue weighted by Crippen LogP contribution is -2.15. The molecule has 0 saturated carbocycles. The molecule has 0 spiro atoms. The summed E-state index contributed by atoms with van der Waals surface area (Å²) in [6.07, 6.45) is 0. The number of halogens is 2. The lowest BCUT2D eigenvalue weighted by atomic mass is 10.3. The number of nitrogens with zero attached hydrogens (tertiary/aromatic N) is 4. The van der Waals surface area contributed by atoms with Crippen LogP contribution in [0, 0.1) is 5.82 Å². The second-order valence-electron chi connectivity index (χ2n) is 5.03. The summed E-state index contributed by atoms with van der Waals surface area (Å²) in [5.74, 6) is -0.265. The number of thioether (sulfide) groups is 1. The van der Waals surface area contributed by atoms with E-state index in [1.54, 1.807) is 31.4 Å². The number of ether oxygens (including phenoxy) is 1. The van der Waals surface area contributed by atoms with Gasteiger partial charge in [-0.15, -0.1) is 5.10 Å². The van der Waals surface area contributed by atoms with Crippen molar-refractivity contribution in [3.63, 3.8) is 0 Å². The number of carbonyl (C=O) groups is 1. The molecule has 134 valence electrons. The molecule has 0 unspecified atom stereocenters. The van der Waals surface area contributed by atoms with Gasteiger partial charge in [0.25, 0.3) is 0 Å². The fourth-order valence-electron chi connectivity index (χ4n) is 2.06. The number of hydrogen-bond donors (Lipinski definition) is 1. The minimum absolute atomic E-state index is 0.0125. The molecule has 0 aliphatic heterocycles. The molecule has 3 aromatic rings. The number of carbonyl (C=O) groups excluding carboxylic acids is 1. The normalized spacial score (nSPS) is 10.6. The van der Waals surface area contributed by atoms with Gasteiger partial charge in [0.05, 0.1) is 24.2 Å². The maximum absolute atomic E-state index is 13.7. The third-order valence-electron chi connectivity index (χ3n) is 3.30. The first-order valence-corrected chi connectivity index (χ1v) is 8.73. The minimum atomic E-state index is -0.598. The summed E-state index contributed by atoms with van der Waals surface area (Å²) in [6, 6.07) is 11.2. The number of rotatable bonds is 6. The maximum atomic E-state index is 13.7. The molecule has 0 aliphatic rings. The van der Waals surface area contributed by atoms with Gasteiger partial charge in [-0.2, -0.15) is 4.68 Å². The maximum Gasteiger partial charge on any atom is 0.234 e. The average Bonchev–Trinajstić information content (AvgIpc) is 3.11. The first-order valence-electron chi connectivity index (χ1n) is 7.37. The third kappa shape index (κ3) is 4.30. The van der Waals surface area contributed by atoms with E-state index in [0.29, 0.717) is 10.9 Å². The molecule has 3 rings (SSSR count). The predicted octanol–water partition coefficient (Wildman–Crippen LogP) is 3.19. The van der Waals surface area contributed by atoms with Crippen LogP contribution < -0.4 is 10.1 Å². The van der Waals surface area contributed by atoms with Gasteiger partial charge >= 0.3 is 0 Å². The molecule has 0 bridgehead atoms. The van der Waals surface area contributed by atoms with Crippen molar-refractivity contribution in [2.45, 2.75) is 5.16 Å². The van der Waals surface area contributed by atoms with Crippen LogP contribution in [0.4, 0.5) is 10.1 Å². The van der Waals surface area contributed by atoms with Crippen LogP contribution in [-0.2, 0) is 4.79 Å². The summed E-state index contributed by atoms with van der Waals surface area (Å²) in [5, 5.41) is 14.6. The molecular weight excluding hydrogens is 381 g/mol. The van der Waals surface area contributed by atoms with Gasteiger partial charge in [-0.1, -0.05) is 23.4 Å². The molecule has 10 heteroatoms. The predicted molar refractivity (Wildman–Crippen MR) is 96.5 cm³/mol. The van der Waals surface area contributed by atoms with Crippen LogP contribution in [0.5, 0.6) is 5.75 Å². The van der Waals surface area contributed by atoms with Gasteiger partial charge in [0.1, 0.15) is 11.6 Å². The Balaban J connectivity index is 1.64. The Morgan fingerprint density at radius 1 is 1.31 bits per heavy atom. The summed E-state index contributed by atoms with van der Waals surface area (Å²) >= 11 is 6.82. The molecule has 1 heterocycles. The van der Waals surface area contributed by atoms with E-state index in [9.17, 15) is 9.18 Å². The van der Waals surface area contributed by atoms with E-state index in [0.717, 1.165) is 23.5 Å². The van der Waals surface area contributed by atoms with Gasteiger partial charge in [0, 0.05) is 5.02 Å². The minimum Gasteiger partial charge on any atom is -0.497 e. The Morgan fingerprint density at radius 3 is 2.77 bits per heavy atom. The lowest BCUT2D eigenvalue weighted by Gasteiger charge is -2.07. The first-order chi connectivity index (χ1) is 12.6. The van der Waals surface area contributed by atoms with Crippen LogP contribution >= 0.6 is 23.4 Å². The van der Waals surface area contributed by atoms with E-state index in [2.05, 4.69) is 20.8 Å². The standard InChI is InChI=1S/C16H13ClFN5O2S/c1-25-12-5-3-11(4-6-12)23-16(20-21-22-23)26-9-15(24)19-14-7-2-10(17)8-13(14)18/h2-8H,9H2,1H3,(H,19,24). The average molecular weight is 394 g/mol. The van der Waals surface area contributed by atoms with E-state index in [4.69, 9.17) is 16.3 Å². The second-order valence-corrected chi connectivity index (χ2v) is 6.41. The number of tetrazole rings is 1. The topological polar surface area (TPSA) is 81.9 Å². The van der Waals surface area contributed by atoms with Crippen molar-refractivity contribution in [3.8, 4) is 11.4 Å². The van der Waals surface area contributed by atoms with Gasteiger partial charge in [-0.25, -0.2) is 4.39 Å². The monoisotopic (exact) mass is 393 g/mol. The van der Waals surface area contributed by atoms with Crippen LogP contribution in [0.25, 0.3) is 5.69 Å². The van der Waals surface area contributed by atoms with Crippen LogP contribution in [0.3, 0.4) is 0 Å². The molecule has 1 N–H and O–H groups in total. The van der Waals surface area contributed by atoms with Crippen LogP contribution in [0.1, 0.15) is 0 Å². The number of aromatic nitrogens is 4. The number of hydrogen-bond acceptors (Lipinski definition) is 6. The molecule has 1 aromatic heterocycles. The lowest BCUT2D eigenvalue weighted by molar-refractivity contribution is -0.113. The summed E-state index contributed by atoms with van der Waals surface area (Å²) in [6.45, 7) is 0. The zero-order valence-electron chi connectivity index (χ0n) is 13.5. The molecule has 2 aromatic carbocycles. The molecule has 7 nitrogen and oxygen atoms in total. The summed E-state index contributed by atoms with van der Waals surface area (Å²) in [5.41, 5.74) is 0.789. The molecular formula is C16H13ClFN5O2S. The highest BCUT2D eigenvalue weighted by molar-refractivity contribution is 7.99. The second kappa shape index (κ2) is 8.15.